The molecule has 3 aromatic heterocycles. The smallest absolute Gasteiger partial charge is 0.343 e. The summed E-state index contributed by atoms with van der Waals surface area (Å²) in [6.07, 6.45) is 6.92. The summed E-state index contributed by atoms with van der Waals surface area (Å²) < 4.78 is 5.14. The second-order valence-electron chi connectivity index (χ2n) is 6.32. The van der Waals surface area contributed by atoms with Crippen LogP contribution in [0.15, 0.2) is 65.5 Å². The van der Waals surface area contributed by atoms with Crippen molar-refractivity contribution in [3.05, 3.63) is 65.9 Å². The van der Waals surface area contributed by atoms with E-state index in [2.05, 4.69) is 20.3 Å². The molecule has 0 radical (unpaired) electrons. The largest absolute Gasteiger partial charge is 0.462 e. The first-order valence-electron chi connectivity index (χ1n) is 9.49. The standard InChI is InChI=1S/C22H19N5O2S2/c1-3-29-21(28)17-12-24-22(30-2)27-19(17)25-16-8-4-6-14(10-16)18-13-31-20(26-18)15-7-5-9-23-11-15/h4-13H,3H2,1-2H3,(H,24,25,27). The molecule has 4 rings (SSSR count). The molecule has 7 nitrogen and oxygen atoms in total. The van der Waals surface area contributed by atoms with Crippen molar-refractivity contribution in [1.29, 1.82) is 0 Å². The zero-order chi connectivity index (χ0) is 21.6. The van der Waals surface area contributed by atoms with E-state index < -0.39 is 5.97 Å². The van der Waals surface area contributed by atoms with Gasteiger partial charge in [0.05, 0.1) is 12.3 Å². The number of pyridine rings is 1. The Labute approximate surface area is 188 Å². The Morgan fingerprint density at radius 3 is 2.81 bits per heavy atom. The first kappa shape index (κ1) is 21.0. The maximum Gasteiger partial charge on any atom is 0.343 e. The Morgan fingerprint density at radius 1 is 1.16 bits per heavy atom. The zero-order valence-corrected chi connectivity index (χ0v) is 18.5. The van der Waals surface area contributed by atoms with Gasteiger partial charge in [-0.3, -0.25) is 4.98 Å². The Morgan fingerprint density at radius 2 is 2.03 bits per heavy atom. The number of carbonyl (C=O) groups is 1. The maximum absolute atomic E-state index is 12.3. The number of rotatable bonds is 7. The van der Waals surface area contributed by atoms with Gasteiger partial charge in [-0.2, -0.15) is 0 Å². The molecule has 0 saturated heterocycles. The summed E-state index contributed by atoms with van der Waals surface area (Å²) in [5, 5.41) is 6.72. The van der Waals surface area contributed by atoms with Gasteiger partial charge in [-0.1, -0.05) is 23.9 Å². The van der Waals surface area contributed by atoms with Crippen molar-refractivity contribution in [3.8, 4) is 21.8 Å². The summed E-state index contributed by atoms with van der Waals surface area (Å²) in [6, 6.07) is 11.7. The van der Waals surface area contributed by atoms with E-state index in [4.69, 9.17) is 9.72 Å². The number of anilines is 2. The highest BCUT2D eigenvalue weighted by molar-refractivity contribution is 7.98. The molecule has 0 aliphatic heterocycles. The predicted octanol–water partition coefficient (Wildman–Crippen LogP) is 5.30. The van der Waals surface area contributed by atoms with Crippen LogP contribution in [-0.2, 0) is 4.74 Å². The van der Waals surface area contributed by atoms with Gasteiger partial charge in [0.25, 0.3) is 0 Å². The highest BCUT2D eigenvalue weighted by Crippen LogP contribution is 2.30. The number of esters is 1. The molecule has 0 unspecified atom stereocenters. The van der Waals surface area contributed by atoms with Crippen LogP contribution in [0.3, 0.4) is 0 Å². The first-order chi connectivity index (χ1) is 15.2. The Bertz CT molecular complexity index is 1200. The molecule has 0 spiro atoms. The summed E-state index contributed by atoms with van der Waals surface area (Å²) in [5.74, 6) is -0.0568. The number of nitrogens with zero attached hydrogens (tertiary/aromatic N) is 4. The van der Waals surface area contributed by atoms with E-state index in [9.17, 15) is 4.79 Å². The molecule has 3 heterocycles. The number of thioether (sulfide) groups is 1. The molecule has 9 heteroatoms. The summed E-state index contributed by atoms with van der Waals surface area (Å²) in [4.78, 5) is 29.9. The third kappa shape index (κ3) is 4.89. The van der Waals surface area contributed by atoms with Gasteiger partial charge in [-0.25, -0.2) is 19.7 Å². The molecule has 1 N–H and O–H groups in total. The Balaban J connectivity index is 1.63. The fraction of sp³-hybridized carbons (Fsp3) is 0.136. The fourth-order valence-corrected chi connectivity index (χ4v) is 4.00. The van der Waals surface area contributed by atoms with Crippen molar-refractivity contribution < 1.29 is 9.53 Å². The van der Waals surface area contributed by atoms with Crippen molar-refractivity contribution in [2.24, 2.45) is 0 Å². The SMILES string of the molecule is CCOC(=O)c1cnc(SC)nc1Nc1cccc(-c2csc(-c3cccnc3)n2)c1. The second kappa shape index (κ2) is 9.67. The normalized spacial score (nSPS) is 10.6. The summed E-state index contributed by atoms with van der Waals surface area (Å²) >= 11 is 2.97. The lowest BCUT2D eigenvalue weighted by Gasteiger charge is -2.11. The van der Waals surface area contributed by atoms with Crippen LogP contribution in [0.2, 0.25) is 0 Å². The van der Waals surface area contributed by atoms with Gasteiger partial charge in [-0.15, -0.1) is 11.3 Å². The molecule has 156 valence electrons. The van der Waals surface area contributed by atoms with Crippen molar-refractivity contribution in [2.75, 3.05) is 18.2 Å². The van der Waals surface area contributed by atoms with E-state index in [1.54, 1.807) is 30.7 Å². The number of aromatic nitrogens is 4. The van der Waals surface area contributed by atoms with Crippen molar-refractivity contribution in [3.63, 3.8) is 0 Å². The summed E-state index contributed by atoms with van der Waals surface area (Å²) in [6.45, 7) is 2.04. The van der Waals surface area contributed by atoms with E-state index >= 15 is 0 Å². The molecule has 1 aromatic carbocycles. The van der Waals surface area contributed by atoms with Gasteiger partial charge in [0, 0.05) is 40.8 Å². The molecule has 0 aliphatic rings. The Hall–Kier alpha value is -3.30. The fourth-order valence-electron chi connectivity index (χ4n) is 2.84. The molecule has 31 heavy (non-hydrogen) atoms. The van der Waals surface area contributed by atoms with Crippen molar-refractivity contribution in [1.82, 2.24) is 19.9 Å². The quantitative estimate of drug-likeness (QED) is 0.231. The highest BCUT2D eigenvalue weighted by atomic mass is 32.2. The zero-order valence-electron chi connectivity index (χ0n) is 16.9. The number of carbonyl (C=O) groups excluding carboxylic acids is 1. The molecule has 0 fully saturated rings. The van der Waals surface area contributed by atoms with Crippen molar-refractivity contribution >= 4 is 40.6 Å². The Kier molecular flexibility index (Phi) is 6.54. The lowest BCUT2D eigenvalue weighted by molar-refractivity contribution is 0.0526. The minimum atomic E-state index is -0.463. The van der Waals surface area contributed by atoms with Crippen LogP contribution in [0.4, 0.5) is 11.5 Å². The molecular formula is C22H19N5O2S2. The monoisotopic (exact) mass is 449 g/mol. The number of benzene rings is 1. The average molecular weight is 450 g/mol. The third-order valence-electron chi connectivity index (χ3n) is 4.28. The number of ether oxygens (including phenoxy) is 1. The molecule has 4 aromatic rings. The van der Waals surface area contributed by atoms with Crippen molar-refractivity contribution in [2.45, 2.75) is 12.1 Å². The highest BCUT2D eigenvalue weighted by Gasteiger charge is 2.16. The van der Waals surface area contributed by atoms with Gasteiger partial charge < -0.3 is 10.1 Å². The van der Waals surface area contributed by atoms with E-state index in [0.29, 0.717) is 11.0 Å². The van der Waals surface area contributed by atoms with Gasteiger partial charge >= 0.3 is 5.97 Å². The average Bonchev–Trinajstić information content (AvgIpc) is 3.30. The van der Waals surface area contributed by atoms with Gasteiger partial charge in [0.2, 0.25) is 0 Å². The minimum Gasteiger partial charge on any atom is -0.462 e. The molecule has 0 bridgehead atoms. The van der Waals surface area contributed by atoms with Crippen LogP contribution in [-0.4, -0.2) is 38.8 Å². The van der Waals surface area contributed by atoms with Crippen LogP contribution >= 0.6 is 23.1 Å². The van der Waals surface area contributed by atoms with Gasteiger partial charge in [0.15, 0.2) is 5.16 Å². The minimum absolute atomic E-state index is 0.279. The van der Waals surface area contributed by atoms with Gasteiger partial charge in [0.1, 0.15) is 16.4 Å². The number of hydrogen-bond acceptors (Lipinski definition) is 9. The lowest BCUT2D eigenvalue weighted by atomic mass is 10.1. The molecule has 0 amide bonds. The van der Waals surface area contributed by atoms with Crippen LogP contribution in [0.5, 0.6) is 0 Å². The molecule has 0 atom stereocenters. The van der Waals surface area contributed by atoms with E-state index in [1.807, 2.05) is 48.0 Å². The van der Waals surface area contributed by atoms with Gasteiger partial charge in [-0.05, 0) is 37.4 Å². The first-order valence-corrected chi connectivity index (χ1v) is 11.6. The molecule has 0 aliphatic carbocycles. The van der Waals surface area contributed by atoms with Crippen LogP contribution in [0.25, 0.3) is 21.8 Å². The number of thiazole rings is 1. The number of nitrogens with one attached hydrogen (secondary N) is 1. The topological polar surface area (TPSA) is 89.9 Å². The van der Waals surface area contributed by atoms with E-state index in [-0.39, 0.29) is 12.2 Å². The van der Waals surface area contributed by atoms with E-state index in [1.165, 1.54) is 18.0 Å². The summed E-state index contributed by atoms with van der Waals surface area (Å²) in [5.41, 5.74) is 3.87. The third-order valence-corrected chi connectivity index (χ3v) is 5.73. The van der Waals surface area contributed by atoms with Crippen LogP contribution in [0, 0.1) is 0 Å². The molecule has 0 saturated carbocycles. The van der Waals surface area contributed by atoms with E-state index in [0.717, 1.165) is 27.5 Å². The van der Waals surface area contributed by atoms with Crippen LogP contribution < -0.4 is 5.32 Å². The maximum atomic E-state index is 12.3. The number of hydrogen-bond donors (Lipinski definition) is 1. The van der Waals surface area contributed by atoms with Crippen LogP contribution in [0.1, 0.15) is 17.3 Å². The predicted molar refractivity (Wildman–Crippen MR) is 124 cm³/mol. The molecular weight excluding hydrogens is 430 g/mol. The second-order valence-corrected chi connectivity index (χ2v) is 7.96. The summed E-state index contributed by atoms with van der Waals surface area (Å²) in [7, 11) is 0. The lowest BCUT2D eigenvalue weighted by Crippen LogP contribution is -2.10.